The highest BCUT2D eigenvalue weighted by molar-refractivity contribution is 7.17. The van der Waals surface area contributed by atoms with Gasteiger partial charge in [-0.1, -0.05) is 35.5 Å². The van der Waals surface area contributed by atoms with Crippen LogP contribution in [0.25, 0.3) is 0 Å². The summed E-state index contributed by atoms with van der Waals surface area (Å²) < 4.78 is 11.7. The number of nitriles is 1. The van der Waals surface area contributed by atoms with Gasteiger partial charge in [-0.3, -0.25) is 9.59 Å². The van der Waals surface area contributed by atoms with Gasteiger partial charge in [0.25, 0.3) is 0 Å². The second-order valence-electron chi connectivity index (χ2n) is 11.8. The lowest BCUT2D eigenvalue weighted by Crippen LogP contribution is -2.41. The predicted octanol–water partition coefficient (Wildman–Crippen LogP) is 5.26. The van der Waals surface area contributed by atoms with Crippen molar-refractivity contribution >= 4 is 33.9 Å². The Morgan fingerprint density at radius 3 is 2.60 bits per heavy atom. The number of aryl methyl sites for hydroxylation is 1. The van der Waals surface area contributed by atoms with Gasteiger partial charge in [0.15, 0.2) is 11.5 Å². The number of hydrogen-bond acceptors (Lipinski definition) is 8. The van der Waals surface area contributed by atoms with Crippen LogP contribution in [0.3, 0.4) is 0 Å². The molecule has 0 unspecified atom stereocenters. The molecule has 8 nitrogen and oxygen atoms in total. The third-order valence-electron chi connectivity index (χ3n) is 9.85. The summed E-state index contributed by atoms with van der Waals surface area (Å²) in [5, 5.41) is 15.0. The van der Waals surface area contributed by atoms with Gasteiger partial charge in [-0.25, -0.2) is 4.90 Å². The van der Waals surface area contributed by atoms with E-state index in [9.17, 15) is 14.9 Å². The van der Waals surface area contributed by atoms with E-state index in [1.54, 1.807) is 7.11 Å². The smallest absolute Gasteiger partial charge is 0.238 e. The van der Waals surface area contributed by atoms with Crippen LogP contribution in [0.1, 0.15) is 46.4 Å². The lowest BCUT2D eigenvalue weighted by atomic mass is 9.71. The second-order valence-corrected chi connectivity index (χ2v) is 12.9. The van der Waals surface area contributed by atoms with Gasteiger partial charge in [-0.2, -0.15) is 5.26 Å². The van der Waals surface area contributed by atoms with Gasteiger partial charge in [0.1, 0.15) is 23.8 Å². The van der Waals surface area contributed by atoms with E-state index >= 15 is 0 Å². The summed E-state index contributed by atoms with van der Waals surface area (Å²) in [5.41, 5.74) is 4.27. The largest absolute Gasteiger partial charge is 0.493 e. The maximum atomic E-state index is 14.0. The summed E-state index contributed by atoms with van der Waals surface area (Å²) in [4.78, 5) is 36.4. The monoisotopic (exact) mass is 579 g/mol. The van der Waals surface area contributed by atoms with Crippen LogP contribution < -0.4 is 14.4 Å². The van der Waals surface area contributed by atoms with E-state index in [-0.39, 0.29) is 35.7 Å². The van der Waals surface area contributed by atoms with Gasteiger partial charge >= 0.3 is 0 Å². The minimum atomic E-state index is -0.424. The highest BCUT2D eigenvalue weighted by Crippen LogP contribution is 2.62. The first-order valence-corrected chi connectivity index (χ1v) is 15.4. The average molecular weight is 580 g/mol. The van der Waals surface area contributed by atoms with Crippen LogP contribution in [-0.4, -0.2) is 30.7 Å². The summed E-state index contributed by atoms with van der Waals surface area (Å²) in [6.45, 7) is 0.422. The number of carbonyl (C=O) groups excluding carboxylic acids is 2. The Morgan fingerprint density at radius 1 is 1.02 bits per heavy atom. The van der Waals surface area contributed by atoms with Crippen molar-refractivity contribution in [2.24, 2.45) is 34.7 Å². The minimum Gasteiger partial charge on any atom is -0.493 e. The summed E-state index contributed by atoms with van der Waals surface area (Å²) in [6.07, 6.45) is 4.36. The molecule has 2 saturated carbocycles. The number of amides is 2. The molecule has 2 amide bonds. The quantitative estimate of drug-likeness (QED) is 0.369. The van der Waals surface area contributed by atoms with Gasteiger partial charge in [0.05, 0.1) is 30.2 Å². The first-order valence-electron chi connectivity index (χ1n) is 14.6. The number of thiophene rings is 1. The highest BCUT2D eigenvalue weighted by Gasteiger charge is 2.70. The molecule has 3 aliphatic carbocycles. The molecule has 1 saturated heterocycles. The Labute approximate surface area is 247 Å². The van der Waals surface area contributed by atoms with Crippen molar-refractivity contribution in [2.45, 2.75) is 44.8 Å². The topological polar surface area (TPSA) is 101 Å². The average Bonchev–Trinajstić information content (AvgIpc) is 3.82. The molecular formula is C33H29N3O5S. The molecule has 2 bridgehead atoms. The number of fused-ring (bicyclic) bond motifs is 9. The third-order valence-corrected chi connectivity index (χ3v) is 11.1. The molecule has 5 aliphatic rings. The van der Waals surface area contributed by atoms with Crippen molar-refractivity contribution in [3.63, 3.8) is 0 Å². The van der Waals surface area contributed by atoms with Crippen LogP contribution in [0.5, 0.6) is 11.5 Å². The number of hydrogen-bond donors (Lipinski definition) is 0. The molecule has 9 heteroatoms. The Bertz CT molecular complexity index is 1690. The Kier molecular flexibility index (Phi) is 5.90. The molecule has 8 rings (SSSR count). The number of nitrogens with zero attached hydrogens (tertiary/aromatic N) is 3. The van der Waals surface area contributed by atoms with Gasteiger partial charge in [-0.15, -0.1) is 11.3 Å². The first-order chi connectivity index (χ1) is 20.6. The number of imide groups is 1. The SMILES string of the molecule is COc1cc(C2=NO[C@H]3[C@@H]4C[C@H]([C@H]5C(=O)N(c6sc7c(c6C#N)CCCC7)C(=O)[C@H]45)[C@H]23)ccc1OCc1ccccc1. The fraction of sp³-hybridized carbons (Fsp3) is 0.394. The maximum absolute atomic E-state index is 14.0. The van der Waals surface area contributed by atoms with Crippen molar-refractivity contribution in [3.8, 4) is 17.6 Å². The second kappa shape index (κ2) is 9.70. The number of oxime groups is 1. The molecule has 1 aromatic heterocycles. The molecule has 3 fully saturated rings. The van der Waals surface area contributed by atoms with Crippen LogP contribution in [-0.2, 0) is 33.9 Å². The zero-order valence-electron chi connectivity index (χ0n) is 23.1. The van der Waals surface area contributed by atoms with E-state index < -0.39 is 11.8 Å². The normalized spacial score (nSPS) is 28.6. The van der Waals surface area contributed by atoms with Crippen molar-refractivity contribution in [1.82, 2.24) is 0 Å². The number of rotatable bonds is 6. The third kappa shape index (κ3) is 3.61. The van der Waals surface area contributed by atoms with Gasteiger partial charge < -0.3 is 14.3 Å². The lowest BCUT2D eigenvalue weighted by molar-refractivity contribution is -0.125. The van der Waals surface area contributed by atoms with Crippen LogP contribution in [0.15, 0.2) is 53.7 Å². The van der Waals surface area contributed by atoms with E-state index in [2.05, 4.69) is 11.2 Å². The Balaban J connectivity index is 1.07. The Morgan fingerprint density at radius 2 is 1.81 bits per heavy atom. The molecule has 2 aliphatic heterocycles. The molecule has 0 N–H and O–H groups in total. The lowest BCUT2D eigenvalue weighted by Gasteiger charge is -2.29. The van der Waals surface area contributed by atoms with Crippen LogP contribution in [0.2, 0.25) is 0 Å². The molecular weight excluding hydrogens is 550 g/mol. The summed E-state index contributed by atoms with van der Waals surface area (Å²) in [6, 6.07) is 18.0. The predicted molar refractivity (Wildman–Crippen MR) is 155 cm³/mol. The van der Waals surface area contributed by atoms with Crippen molar-refractivity contribution < 1.29 is 23.9 Å². The molecule has 2 aromatic carbocycles. The summed E-state index contributed by atoms with van der Waals surface area (Å²) in [7, 11) is 1.61. The van der Waals surface area contributed by atoms with Crippen LogP contribution >= 0.6 is 11.3 Å². The molecule has 212 valence electrons. The van der Waals surface area contributed by atoms with Gasteiger partial charge in [0.2, 0.25) is 11.8 Å². The highest BCUT2D eigenvalue weighted by atomic mass is 32.1. The molecule has 0 spiro atoms. The van der Waals surface area contributed by atoms with Gasteiger partial charge in [0, 0.05) is 22.3 Å². The van der Waals surface area contributed by atoms with Crippen molar-refractivity contribution in [3.05, 3.63) is 75.7 Å². The van der Waals surface area contributed by atoms with E-state index in [0.29, 0.717) is 28.7 Å². The van der Waals surface area contributed by atoms with Crippen molar-refractivity contribution in [1.29, 1.82) is 5.26 Å². The molecule has 3 heterocycles. The number of carbonyl (C=O) groups is 2. The Hall–Kier alpha value is -4.16. The van der Waals surface area contributed by atoms with E-state index in [0.717, 1.165) is 59.4 Å². The number of methoxy groups -OCH3 is 1. The standard InChI is InChI=1S/C33H29N3O5S/c1-39-24-13-18(11-12-23(24)40-16-17-7-3-2-4-8-17)29-28-20-14-21(30(28)41-35-29)27-26(20)31(37)36(32(27)38)33-22(15-34)19-9-5-6-10-25(19)42-33/h2-4,7-8,11-13,20-21,26-28,30H,5-6,9-10,14,16H2,1H3/t20-,21-,26-,27-,28-,30+/m1/s1. The molecule has 0 radical (unpaired) electrons. The van der Waals surface area contributed by atoms with Gasteiger partial charge in [-0.05, 0) is 67.3 Å². The molecule has 3 aromatic rings. The fourth-order valence-corrected chi connectivity index (χ4v) is 9.42. The first kappa shape index (κ1) is 25.5. The maximum Gasteiger partial charge on any atom is 0.238 e. The zero-order chi connectivity index (χ0) is 28.5. The van der Waals surface area contributed by atoms with Crippen LogP contribution in [0, 0.1) is 40.9 Å². The van der Waals surface area contributed by atoms with E-state index in [4.69, 9.17) is 14.3 Å². The number of benzene rings is 2. The number of ether oxygens (including phenoxy) is 2. The summed E-state index contributed by atoms with van der Waals surface area (Å²) >= 11 is 1.46. The number of anilines is 1. The zero-order valence-corrected chi connectivity index (χ0v) is 23.9. The van der Waals surface area contributed by atoms with Crippen LogP contribution in [0.4, 0.5) is 5.00 Å². The minimum absolute atomic E-state index is 0.0483. The van der Waals surface area contributed by atoms with E-state index in [1.807, 2.05) is 48.5 Å². The van der Waals surface area contributed by atoms with E-state index in [1.165, 1.54) is 16.2 Å². The molecule has 6 atom stereocenters. The van der Waals surface area contributed by atoms with Crippen molar-refractivity contribution in [2.75, 3.05) is 12.0 Å². The molecule has 42 heavy (non-hydrogen) atoms. The summed E-state index contributed by atoms with van der Waals surface area (Å²) in [5.74, 6) is -0.169. The fourth-order valence-electron chi connectivity index (χ4n) is 8.07.